The van der Waals surface area contributed by atoms with Gasteiger partial charge in [-0.05, 0) is 49.8 Å². The summed E-state index contributed by atoms with van der Waals surface area (Å²) in [5.74, 6) is -0.413. The molecular formula is C22H32N2O4. The fraction of sp³-hybridized carbons (Fsp3) is 0.591. The summed E-state index contributed by atoms with van der Waals surface area (Å²) in [7, 11) is 0. The molecule has 0 aliphatic heterocycles. The molecule has 0 heterocycles. The van der Waals surface area contributed by atoms with E-state index in [1.807, 2.05) is 32.0 Å². The molecule has 6 nitrogen and oxygen atoms in total. The van der Waals surface area contributed by atoms with Gasteiger partial charge in [0.05, 0.1) is 6.54 Å². The van der Waals surface area contributed by atoms with Gasteiger partial charge in [0, 0.05) is 12.1 Å². The van der Waals surface area contributed by atoms with E-state index in [2.05, 4.69) is 10.6 Å². The Balaban J connectivity index is 1.58. The Hall–Kier alpha value is -2.37. The first-order valence-corrected chi connectivity index (χ1v) is 10.2. The first-order valence-electron chi connectivity index (χ1n) is 10.2. The topological polar surface area (TPSA) is 84.5 Å². The van der Waals surface area contributed by atoms with Crippen molar-refractivity contribution in [2.24, 2.45) is 5.92 Å². The number of aryl methyl sites for hydroxylation is 1. The van der Waals surface area contributed by atoms with Crippen LogP contribution in [-0.2, 0) is 19.1 Å². The predicted molar refractivity (Wildman–Crippen MR) is 109 cm³/mol. The summed E-state index contributed by atoms with van der Waals surface area (Å²) in [6.45, 7) is 3.39. The maximum atomic E-state index is 12.0. The Morgan fingerprint density at radius 3 is 2.57 bits per heavy atom. The highest BCUT2D eigenvalue weighted by atomic mass is 16.5. The normalized spacial score (nSPS) is 14.4. The van der Waals surface area contributed by atoms with Gasteiger partial charge in [0.2, 0.25) is 5.91 Å². The predicted octanol–water partition coefficient (Wildman–Crippen LogP) is 3.65. The fourth-order valence-electron chi connectivity index (χ4n) is 3.54. The van der Waals surface area contributed by atoms with Gasteiger partial charge in [-0.1, -0.05) is 44.2 Å². The van der Waals surface area contributed by atoms with E-state index >= 15 is 0 Å². The summed E-state index contributed by atoms with van der Waals surface area (Å²) in [5, 5.41) is 5.24. The first-order chi connectivity index (χ1) is 13.5. The third-order valence-corrected chi connectivity index (χ3v) is 5.41. The SMILES string of the molecule is Cc1cccc(NC(=O)CNC(=O)COC(=O)CCCC2CCCCC2)c1C. The molecule has 0 atom stereocenters. The van der Waals surface area contributed by atoms with E-state index in [0.717, 1.165) is 35.6 Å². The van der Waals surface area contributed by atoms with Gasteiger partial charge in [-0.3, -0.25) is 14.4 Å². The largest absolute Gasteiger partial charge is 0.456 e. The minimum atomic E-state index is -0.475. The molecule has 0 bridgehead atoms. The standard InChI is InChI=1S/C22H32N2O4/c1-16-8-6-12-19(17(16)2)24-20(25)14-23-21(26)15-28-22(27)13-7-11-18-9-4-3-5-10-18/h6,8,12,18H,3-5,7,9-11,13-15H2,1-2H3,(H,23,26)(H,24,25). The van der Waals surface area contributed by atoms with Crippen LogP contribution in [0.15, 0.2) is 18.2 Å². The van der Waals surface area contributed by atoms with Crippen molar-refractivity contribution in [3.8, 4) is 0 Å². The van der Waals surface area contributed by atoms with Crippen molar-refractivity contribution in [2.75, 3.05) is 18.5 Å². The molecule has 1 aliphatic carbocycles. The smallest absolute Gasteiger partial charge is 0.306 e. The molecule has 28 heavy (non-hydrogen) atoms. The zero-order valence-electron chi connectivity index (χ0n) is 17.0. The molecule has 2 amide bonds. The van der Waals surface area contributed by atoms with Crippen LogP contribution in [0.1, 0.15) is 62.5 Å². The van der Waals surface area contributed by atoms with Crippen LogP contribution in [-0.4, -0.2) is 30.9 Å². The number of hydrogen-bond donors (Lipinski definition) is 2. The average Bonchev–Trinajstić information content (AvgIpc) is 2.69. The van der Waals surface area contributed by atoms with E-state index in [-0.39, 0.29) is 25.0 Å². The van der Waals surface area contributed by atoms with Crippen LogP contribution < -0.4 is 10.6 Å². The molecular weight excluding hydrogens is 356 g/mol. The number of anilines is 1. The third kappa shape index (κ3) is 7.71. The fourth-order valence-corrected chi connectivity index (χ4v) is 3.54. The molecule has 154 valence electrons. The Labute approximate surface area is 167 Å². The Morgan fingerprint density at radius 2 is 1.82 bits per heavy atom. The molecule has 1 saturated carbocycles. The average molecular weight is 389 g/mol. The summed E-state index contributed by atoms with van der Waals surface area (Å²) >= 11 is 0. The van der Waals surface area contributed by atoms with Crippen molar-refractivity contribution < 1.29 is 19.1 Å². The molecule has 6 heteroatoms. The number of carbonyl (C=O) groups is 3. The second-order valence-corrected chi connectivity index (χ2v) is 7.63. The molecule has 0 saturated heterocycles. The van der Waals surface area contributed by atoms with Crippen LogP contribution in [0.3, 0.4) is 0 Å². The summed E-state index contributed by atoms with van der Waals surface area (Å²) < 4.78 is 5.00. The summed E-state index contributed by atoms with van der Waals surface area (Å²) in [5.41, 5.74) is 2.80. The lowest BCUT2D eigenvalue weighted by Gasteiger charge is -2.20. The van der Waals surface area contributed by atoms with Crippen molar-refractivity contribution in [2.45, 2.75) is 65.2 Å². The van der Waals surface area contributed by atoms with Crippen molar-refractivity contribution >= 4 is 23.5 Å². The number of carbonyl (C=O) groups excluding carboxylic acids is 3. The van der Waals surface area contributed by atoms with Gasteiger partial charge in [0.25, 0.3) is 5.91 Å². The molecule has 1 aromatic rings. The molecule has 0 spiro atoms. The van der Waals surface area contributed by atoms with E-state index in [1.165, 1.54) is 32.1 Å². The van der Waals surface area contributed by atoms with Gasteiger partial charge in [0.1, 0.15) is 0 Å². The molecule has 1 aromatic carbocycles. The van der Waals surface area contributed by atoms with Crippen LogP contribution >= 0.6 is 0 Å². The lowest BCUT2D eigenvalue weighted by molar-refractivity contribution is -0.148. The van der Waals surface area contributed by atoms with Crippen molar-refractivity contribution in [1.29, 1.82) is 0 Å². The van der Waals surface area contributed by atoms with Gasteiger partial charge in [0.15, 0.2) is 6.61 Å². The van der Waals surface area contributed by atoms with Crippen molar-refractivity contribution in [3.05, 3.63) is 29.3 Å². The second kappa shape index (κ2) is 11.5. The van der Waals surface area contributed by atoms with Crippen LogP contribution in [0.5, 0.6) is 0 Å². The van der Waals surface area contributed by atoms with E-state index in [4.69, 9.17) is 4.74 Å². The molecule has 1 fully saturated rings. The van der Waals surface area contributed by atoms with Crippen LogP contribution in [0.25, 0.3) is 0 Å². The maximum Gasteiger partial charge on any atom is 0.306 e. The molecule has 2 rings (SSSR count). The summed E-state index contributed by atoms with van der Waals surface area (Å²) in [4.78, 5) is 35.5. The molecule has 0 aromatic heterocycles. The lowest BCUT2D eigenvalue weighted by atomic mass is 9.86. The molecule has 1 aliphatic rings. The van der Waals surface area contributed by atoms with E-state index < -0.39 is 5.91 Å². The van der Waals surface area contributed by atoms with Gasteiger partial charge >= 0.3 is 5.97 Å². The summed E-state index contributed by atoms with van der Waals surface area (Å²) in [6.07, 6.45) is 8.66. The number of nitrogens with one attached hydrogen (secondary N) is 2. The highest BCUT2D eigenvalue weighted by Crippen LogP contribution is 2.27. The van der Waals surface area contributed by atoms with Gasteiger partial charge in [-0.15, -0.1) is 0 Å². The van der Waals surface area contributed by atoms with E-state index in [0.29, 0.717) is 6.42 Å². The Bertz CT molecular complexity index is 681. The minimum Gasteiger partial charge on any atom is -0.456 e. The summed E-state index contributed by atoms with van der Waals surface area (Å²) in [6, 6.07) is 5.65. The quantitative estimate of drug-likeness (QED) is 0.633. The highest BCUT2D eigenvalue weighted by Gasteiger charge is 2.15. The Kier molecular flexibility index (Phi) is 8.98. The zero-order valence-corrected chi connectivity index (χ0v) is 17.0. The van der Waals surface area contributed by atoms with Gasteiger partial charge in [-0.25, -0.2) is 0 Å². The van der Waals surface area contributed by atoms with Crippen LogP contribution in [0, 0.1) is 19.8 Å². The van der Waals surface area contributed by atoms with Crippen LogP contribution in [0.4, 0.5) is 5.69 Å². The van der Waals surface area contributed by atoms with Gasteiger partial charge < -0.3 is 15.4 Å². The highest BCUT2D eigenvalue weighted by molar-refractivity contribution is 5.95. The van der Waals surface area contributed by atoms with Crippen LogP contribution in [0.2, 0.25) is 0 Å². The maximum absolute atomic E-state index is 12.0. The molecule has 2 N–H and O–H groups in total. The monoisotopic (exact) mass is 388 g/mol. The van der Waals surface area contributed by atoms with E-state index in [9.17, 15) is 14.4 Å². The molecule has 0 unspecified atom stereocenters. The molecule has 0 radical (unpaired) electrons. The van der Waals surface area contributed by atoms with Crippen molar-refractivity contribution in [3.63, 3.8) is 0 Å². The number of ether oxygens (including phenoxy) is 1. The second-order valence-electron chi connectivity index (χ2n) is 7.63. The number of hydrogen-bond acceptors (Lipinski definition) is 4. The lowest BCUT2D eigenvalue weighted by Crippen LogP contribution is -2.35. The number of esters is 1. The van der Waals surface area contributed by atoms with Crippen molar-refractivity contribution in [1.82, 2.24) is 5.32 Å². The first kappa shape index (κ1) is 21.9. The number of benzene rings is 1. The minimum absolute atomic E-state index is 0.161. The Morgan fingerprint density at radius 1 is 1.07 bits per heavy atom. The number of rotatable bonds is 9. The third-order valence-electron chi connectivity index (χ3n) is 5.41. The van der Waals surface area contributed by atoms with E-state index in [1.54, 1.807) is 0 Å². The zero-order chi connectivity index (χ0) is 20.4. The number of amides is 2. The van der Waals surface area contributed by atoms with Gasteiger partial charge in [-0.2, -0.15) is 0 Å².